The maximum Gasteiger partial charge on any atom is 0.230 e. The highest BCUT2D eigenvalue weighted by molar-refractivity contribution is 6.29. The van der Waals surface area contributed by atoms with E-state index in [4.69, 9.17) is 25.8 Å². The SMILES string of the molecule is CC.COc1cc(Nc2ncnc(-c3ccc(Cl)nc3)n2)cc(OC)c1OC. The van der Waals surface area contributed by atoms with Crippen molar-refractivity contribution in [3.63, 3.8) is 0 Å². The van der Waals surface area contributed by atoms with Gasteiger partial charge < -0.3 is 19.5 Å². The van der Waals surface area contributed by atoms with E-state index in [0.717, 1.165) is 5.56 Å². The summed E-state index contributed by atoms with van der Waals surface area (Å²) in [6, 6.07) is 6.98. The number of hydrogen-bond acceptors (Lipinski definition) is 8. The Kier molecular flexibility index (Phi) is 7.76. The lowest BCUT2D eigenvalue weighted by Gasteiger charge is -2.14. The summed E-state index contributed by atoms with van der Waals surface area (Å²) >= 11 is 5.81. The van der Waals surface area contributed by atoms with E-state index in [9.17, 15) is 0 Å². The van der Waals surface area contributed by atoms with Crippen LogP contribution in [-0.4, -0.2) is 41.3 Å². The second-order valence-corrected chi connectivity index (χ2v) is 5.43. The van der Waals surface area contributed by atoms with Gasteiger partial charge in [0, 0.05) is 29.6 Å². The lowest BCUT2D eigenvalue weighted by Crippen LogP contribution is -2.02. The Hall–Kier alpha value is -3.13. The maximum atomic E-state index is 5.81. The lowest BCUT2D eigenvalue weighted by atomic mass is 10.2. The van der Waals surface area contributed by atoms with Crippen LogP contribution in [0.1, 0.15) is 13.8 Å². The number of aromatic nitrogens is 4. The van der Waals surface area contributed by atoms with Crippen molar-refractivity contribution in [1.82, 2.24) is 19.9 Å². The van der Waals surface area contributed by atoms with Crippen LogP contribution in [-0.2, 0) is 0 Å². The van der Waals surface area contributed by atoms with E-state index in [2.05, 4.69) is 25.3 Å². The quantitative estimate of drug-likeness (QED) is 0.606. The molecule has 3 rings (SSSR count). The molecule has 148 valence electrons. The van der Waals surface area contributed by atoms with Crippen LogP contribution in [0.15, 0.2) is 36.8 Å². The number of methoxy groups -OCH3 is 3. The molecule has 0 unspecified atom stereocenters. The first-order chi connectivity index (χ1) is 13.6. The van der Waals surface area contributed by atoms with Gasteiger partial charge in [0.2, 0.25) is 11.7 Å². The highest BCUT2D eigenvalue weighted by Gasteiger charge is 2.14. The molecule has 9 heteroatoms. The molecule has 28 heavy (non-hydrogen) atoms. The molecular formula is C19H22ClN5O3. The van der Waals surface area contributed by atoms with E-state index in [0.29, 0.717) is 39.9 Å². The second kappa shape index (κ2) is 10.3. The smallest absolute Gasteiger partial charge is 0.230 e. The van der Waals surface area contributed by atoms with E-state index in [-0.39, 0.29) is 0 Å². The van der Waals surface area contributed by atoms with Crippen LogP contribution in [0.2, 0.25) is 5.15 Å². The molecule has 0 amide bonds. The van der Waals surface area contributed by atoms with E-state index in [1.165, 1.54) is 6.33 Å². The molecule has 0 fully saturated rings. The zero-order valence-electron chi connectivity index (χ0n) is 16.4. The number of pyridine rings is 1. The molecule has 0 saturated heterocycles. The number of nitrogens with zero attached hydrogens (tertiary/aromatic N) is 4. The minimum atomic E-state index is 0.360. The fourth-order valence-corrected chi connectivity index (χ4v) is 2.40. The molecule has 1 aromatic carbocycles. The van der Waals surface area contributed by atoms with Gasteiger partial charge >= 0.3 is 0 Å². The van der Waals surface area contributed by atoms with Gasteiger partial charge in [0.05, 0.1) is 21.3 Å². The summed E-state index contributed by atoms with van der Waals surface area (Å²) in [6.45, 7) is 4.00. The molecule has 3 aromatic rings. The first-order valence-electron chi connectivity index (χ1n) is 8.52. The summed E-state index contributed by atoms with van der Waals surface area (Å²) in [5.74, 6) is 2.37. The Morgan fingerprint density at radius 1 is 0.893 bits per heavy atom. The first kappa shape index (κ1) is 21.2. The highest BCUT2D eigenvalue weighted by Crippen LogP contribution is 2.40. The van der Waals surface area contributed by atoms with Crippen LogP contribution < -0.4 is 19.5 Å². The predicted molar refractivity (Wildman–Crippen MR) is 109 cm³/mol. The van der Waals surface area contributed by atoms with Crippen LogP contribution in [0.5, 0.6) is 17.2 Å². The Bertz CT molecular complexity index is 881. The van der Waals surface area contributed by atoms with Crippen LogP contribution in [0.3, 0.4) is 0 Å². The average molecular weight is 404 g/mol. The zero-order chi connectivity index (χ0) is 20.5. The summed E-state index contributed by atoms with van der Waals surface area (Å²) in [6.07, 6.45) is 3.01. The normalized spacial score (nSPS) is 9.79. The molecule has 0 aliphatic rings. The van der Waals surface area contributed by atoms with Crippen molar-refractivity contribution in [3.8, 4) is 28.6 Å². The van der Waals surface area contributed by atoms with Crippen molar-refractivity contribution >= 4 is 23.2 Å². The number of rotatable bonds is 6. The topological polar surface area (TPSA) is 91.3 Å². The van der Waals surface area contributed by atoms with Crippen molar-refractivity contribution in [2.45, 2.75) is 13.8 Å². The largest absolute Gasteiger partial charge is 0.493 e. The van der Waals surface area contributed by atoms with Gasteiger partial charge in [-0.05, 0) is 12.1 Å². The first-order valence-corrected chi connectivity index (χ1v) is 8.90. The number of anilines is 2. The number of hydrogen-bond donors (Lipinski definition) is 1. The molecule has 1 N–H and O–H groups in total. The Labute approximate surface area is 168 Å². The van der Waals surface area contributed by atoms with E-state index < -0.39 is 0 Å². The van der Waals surface area contributed by atoms with Crippen molar-refractivity contribution < 1.29 is 14.2 Å². The highest BCUT2D eigenvalue weighted by atomic mass is 35.5. The monoisotopic (exact) mass is 403 g/mol. The number of benzene rings is 1. The van der Waals surface area contributed by atoms with Crippen molar-refractivity contribution in [1.29, 1.82) is 0 Å². The summed E-state index contributed by atoms with van der Waals surface area (Å²) in [7, 11) is 4.65. The molecule has 0 aliphatic heterocycles. The van der Waals surface area contributed by atoms with E-state index in [1.807, 2.05) is 13.8 Å². The molecule has 0 spiro atoms. The van der Waals surface area contributed by atoms with Crippen molar-refractivity contribution in [2.75, 3.05) is 26.6 Å². The van der Waals surface area contributed by atoms with Gasteiger partial charge in [-0.2, -0.15) is 4.98 Å². The lowest BCUT2D eigenvalue weighted by molar-refractivity contribution is 0.324. The molecule has 0 radical (unpaired) electrons. The summed E-state index contributed by atoms with van der Waals surface area (Å²) in [5, 5.41) is 3.50. The van der Waals surface area contributed by atoms with Crippen LogP contribution in [0.4, 0.5) is 11.6 Å². The van der Waals surface area contributed by atoms with Gasteiger partial charge in [-0.3, -0.25) is 0 Å². The maximum absolute atomic E-state index is 5.81. The molecule has 2 aromatic heterocycles. The fraction of sp³-hybridized carbons (Fsp3) is 0.263. The number of halogens is 1. The summed E-state index contributed by atoms with van der Waals surface area (Å²) in [4.78, 5) is 16.7. The molecule has 8 nitrogen and oxygen atoms in total. The van der Waals surface area contributed by atoms with Crippen LogP contribution in [0.25, 0.3) is 11.4 Å². The molecule has 0 atom stereocenters. The Balaban J connectivity index is 0.00000136. The minimum Gasteiger partial charge on any atom is -0.493 e. The van der Waals surface area contributed by atoms with Crippen LogP contribution >= 0.6 is 11.6 Å². The Morgan fingerprint density at radius 3 is 2.11 bits per heavy atom. The van der Waals surface area contributed by atoms with Crippen molar-refractivity contribution in [3.05, 3.63) is 41.9 Å². The third-order valence-corrected chi connectivity index (χ3v) is 3.70. The molecule has 0 saturated carbocycles. The van der Waals surface area contributed by atoms with E-state index >= 15 is 0 Å². The standard InChI is InChI=1S/C17H16ClN5O3.C2H6/c1-24-12-6-11(7-13(25-2)15(12)26-3)22-17-21-9-20-16(23-17)10-4-5-14(18)19-8-10;1-2/h4-9H,1-3H3,(H,20,21,22,23);1-2H3. The van der Waals surface area contributed by atoms with E-state index in [1.54, 1.807) is 51.8 Å². The van der Waals surface area contributed by atoms with Gasteiger partial charge in [-0.15, -0.1) is 0 Å². The van der Waals surface area contributed by atoms with Gasteiger partial charge in [0.25, 0.3) is 0 Å². The predicted octanol–water partition coefficient (Wildman–Crippen LogP) is 4.38. The summed E-state index contributed by atoms with van der Waals surface area (Å²) < 4.78 is 16.0. The molecule has 0 bridgehead atoms. The molecule has 2 heterocycles. The summed E-state index contributed by atoms with van der Waals surface area (Å²) in [5.41, 5.74) is 1.40. The van der Waals surface area contributed by atoms with Gasteiger partial charge in [0.15, 0.2) is 17.3 Å². The van der Waals surface area contributed by atoms with Crippen LogP contribution in [0, 0.1) is 0 Å². The number of ether oxygens (including phenoxy) is 3. The van der Waals surface area contributed by atoms with Gasteiger partial charge in [0.1, 0.15) is 11.5 Å². The minimum absolute atomic E-state index is 0.360. The Morgan fingerprint density at radius 2 is 1.57 bits per heavy atom. The molecular weight excluding hydrogens is 382 g/mol. The van der Waals surface area contributed by atoms with Gasteiger partial charge in [-0.1, -0.05) is 25.4 Å². The third kappa shape index (κ3) is 4.98. The second-order valence-electron chi connectivity index (χ2n) is 5.04. The van der Waals surface area contributed by atoms with Gasteiger partial charge in [-0.25, -0.2) is 15.0 Å². The third-order valence-electron chi connectivity index (χ3n) is 3.48. The fourth-order valence-electron chi connectivity index (χ4n) is 2.29. The molecule has 0 aliphatic carbocycles. The number of nitrogens with one attached hydrogen (secondary N) is 1. The van der Waals surface area contributed by atoms with Crippen molar-refractivity contribution in [2.24, 2.45) is 0 Å². The zero-order valence-corrected chi connectivity index (χ0v) is 17.1. The average Bonchev–Trinajstić information content (AvgIpc) is 2.75.